The van der Waals surface area contributed by atoms with E-state index in [1.165, 1.54) is 23.0 Å². The monoisotopic (exact) mass is 309 g/mol. The van der Waals surface area contributed by atoms with Gasteiger partial charge in [-0.3, -0.25) is 0 Å². The predicted octanol–water partition coefficient (Wildman–Crippen LogP) is 2.28. The molecule has 78 valence electrons. The van der Waals surface area contributed by atoms with Gasteiger partial charge in [0.2, 0.25) is 0 Å². The normalized spacial score (nSPS) is 23.1. The van der Waals surface area contributed by atoms with Crippen LogP contribution in [-0.4, -0.2) is 25.4 Å². The van der Waals surface area contributed by atoms with E-state index >= 15 is 0 Å². The fraction of sp³-hybridized carbons (Fsp3) is 1.00. The van der Waals surface area contributed by atoms with Crippen molar-refractivity contribution in [3.8, 4) is 0 Å². The number of halogens is 4. The number of piperidine rings is 1. The summed E-state index contributed by atoms with van der Waals surface area (Å²) in [6, 6.07) is 0. The summed E-state index contributed by atoms with van der Waals surface area (Å²) < 4.78 is 41.5. The van der Waals surface area contributed by atoms with Crippen LogP contribution < -0.4 is 5.32 Å². The van der Waals surface area contributed by atoms with Crippen molar-refractivity contribution in [3.05, 3.63) is 0 Å². The Balaban J connectivity index is 2.54. The lowest BCUT2D eigenvalue weighted by Crippen LogP contribution is -2.42. The summed E-state index contributed by atoms with van der Waals surface area (Å²) in [6.45, 7) is 1.30. The molecule has 0 aromatic carbocycles. The second kappa shape index (κ2) is 4.79. The Morgan fingerprint density at radius 2 is 1.85 bits per heavy atom. The van der Waals surface area contributed by atoms with Gasteiger partial charge in [0.15, 0.2) is 6.10 Å². The van der Waals surface area contributed by atoms with E-state index in [1.807, 2.05) is 0 Å². The Morgan fingerprint density at radius 1 is 1.31 bits per heavy atom. The van der Waals surface area contributed by atoms with Crippen molar-refractivity contribution in [2.45, 2.75) is 25.1 Å². The smallest absolute Gasteiger partial charge is 0.317 e. The van der Waals surface area contributed by atoms with E-state index in [1.54, 1.807) is 0 Å². The van der Waals surface area contributed by atoms with Gasteiger partial charge in [-0.1, -0.05) is 0 Å². The lowest BCUT2D eigenvalue weighted by atomic mass is 9.92. The molecule has 0 amide bonds. The summed E-state index contributed by atoms with van der Waals surface area (Å²) in [6.07, 6.45) is -4.76. The van der Waals surface area contributed by atoms with E-state index < -0.39 is 18.2 Å². The molecule has 1 rings (SSSR count). The minimum atomic E-state index is -4.23. The number of hydrogen-bond acceptors (Lipinski definition) is 2. The van der Waals surface area contributed by atoms with E-state index in [-0.39, 0.29) is 0 Å². The van der Waals surface area contributed by atoms with Crippen molar-refractivity contribution in [2.75, 3.05) is 13.1 Å². The highest BCUT2D eigenvalue weighted by atomic mass is 127. The van der Waals surface area contributed by atoms with Crippen molar-refractivity contribution in [1.82, 2.24) is 5.32 Å². The first-order valence-electron chi connectivity index (χ1n) is 4.10. The molecular formula is C7H11F3INO. The molecule has 1 saturated heterocycles. The Bertz CT molecular complexity index is 158. The average molecular weight is 309 g/mol. The van der Waals surface area contributed by atoms with Crippen LogP contribution in [0.15, 0.2) is 0 Å². The van der Waals surface area contributed by atoms with Crippen LogP contribution in [0.4, 0.5) is 13.2 Å². The highest BCUT2D eigenvalue weighted by Crippen LogP contribution is 2.33. The molecule has 0 aliphatic carbocycles. The van der Waals surface area contributed by atoms with Gasteiger partial charge in [0, 0.05) is 0 Å². The fourth-order valence-corrected chi connectivity index (χ4v) is 2.24. The maximum atomic E-state index is 12.4. The molecule has 0 saturated carbocycles. The van der Waals surface area contributed by atoms with Crippen LogP contribution in [0.3, 0.4) is 0 Å². The van der Waals surface area contributed by atoms with E-state index in [2.05, 4.69) is 8.38 Å². The van der Waals surface area contributed by atoms with Crippen LogP contribution in [0, 0.1) is 5.92 Å². The van der Waals surface area contributed by atoms with Gasteiger partial charge in [-0.05, 0) is 31.8 Å². The summed E-state index contributed by atoms with van der Waals surface area (Å²) in [4.78, 5) is 0. The average Bonchev–Trinajstić information content (AvgIpc) is 2.05. The van der Waals surface area contributed by atoms with Gasteiger partial charge in [-0.25, -0.2) is 0 Å². The van der Waals surface area contributed by atoms with Gasteiger partial charge >= 0.3 is 6.18 Å². The van der Waals surface area contributed by atoms with E-state index in [4.69, 9.17) is 0 Å². The third-order valence-electron chi connectivity index (χ3n) is 2.23. The molecule has 0 bridgehead atoms. The van der Waals surface area contributed by atoms with Crippen LogP contribution in [-0.2, 0) is 3.07 Å². The second-order valence-corrected chi connectivity index (χ2v) is 3.65. The van der Waals surface area contributed by atoms with Gasteiger partial charge in [0.05, 0.1) is 0 Å². The quantitative estimate of drug-likeness (QED) is 0.790. The molecule has 1 heterocycles. The molecular weight excluding hydrogens is 298 g/mol. The third-order valence-corrected chi connectivity index (χ3v) is 2.78. The van der Waals surface area contributed by atoms with Crippen molar-refractivity contribution in [2.24, 2.45) is 5.92 Å². The molecule has 1 fully saturated rings. The maximum Gasteiger partial charge on any atom is 0.415 e. The zero-order chi connectivity index (χ0) is 9.90. The van der Waals surface area contributed by atoms with E-state index in [0.29, 0.717) is 25.9 Å². The Hall–Kier alpha value is 0.440. The first-order valence-corrected chi connectivity index (χ1v) is 4.98. The first-order chi connectivity index (χ1) is 6.05. The summed E-state index contributed by atoms with van der Waals surface area (Å²) in [5, 5.41) is 3.02. The van der Waals surface area contributed by atoms with Crippen molar-refractivity contribution < 1.29 is 16.2 Å². The highest BCUT2D eigenvalue weighted by Gasteiger charge is 2.45. The van der Waals surface area contributed by atoms with Gasteiger partial charge in [-0.15, -0.1) is 0 Å². The second-order valence-electron chi connectivity index (χ2n) is 3.14. The molecule has 1 aliphatic heterocycles. The van der Waals surface area contributed by atoms with Crippen LogP contribution in [0.25, 0.3) is 0 Å². The molecule has 1 N–H and O–H groups in total. The molecule has 0 aromatic rings. The molecule has 6 heteroatoms. The van der Waals surface area contributed by atoms with Crippen LogP contribution in [0.5, 0.6) is 0 Å². The largest absolute Gasteiger partial charge is 0.415 e. The lowest BCUT2D eigenvalue weighted by molar-refractivity contribution is -0.203. The lowest BCUT2D eigenvalue weighted by Gasteiger charge is -2.29. The molecule has 0 spiro atoms. The molecule has 13 heavy (non-hydrogen) atoms. The van der Waals surface area contributed by atoms with E-state index in [0.717, 1.165) is 0 Å². The maximum absolute atomic E-state index is 12.4. The summed E-state index contributed by atoms with van der Waals surface area (Å²) >= 11 is 1.34. The van der Waals surface area contributed by atoms with Crippen molar-refractivity contribution in [3.63, 3.8) is 0 Å². The Morgan fingerprint density at radius 3 is 2.23 bits per heavy atom. The van der Waals surface area contributed by atoms with Crippen molar-refractivity contribution in [1.29, 1.82) is 0 Å². The molecule has 0 radical (unpaired) electrons. The number of hydrogen-bond donors (Lipinski definition) is 1. The van der Waals surface area contributed by atoms with Gasteiger partial charge in [0.25, 0.3) is 0 Å². The summed E-state index contributed by atoms with van der Waals surface area (Å²) in [5.74, 6) is -0.391. The van der Waals surface area contributed by atoms with Gasteiger partial charge in [-0.2, -0.15) is 13.2 Å². The fourth-order valence-electron chi connectivity index (χ4n) is 1.54. The number of nitrogens with one attached hydrogen (secondary N) is 1. The predicted molar refractivity (Wildman–Crippen MR) is 50.5 cm³/mol. The Kier molecular flexibility index (Phi) is 4.24. The van der Waals surface area contributed by atoms with E-state index in [9.17, 15) is 13.2 Å². The third kappa shape index (κ3) is 3.25. The molecule has 1 atom stereocenters. The first kappa shape index (κ1) is 11.5. The molecule has 1 unspecified atom stereocenters. The molecule has 0 aromatic heterocycles. The molecule has 2 nitrogen and oxygen atoms in total. The minimum Gasteiger partial charge on any atom is -0.317 e. The highest BCUT2D eigenvalue weighted by molar-refractivity contribution is 14.1. The zero-order valence-corrected chi connectivity index (χ0v) is 9.06. The summed E-state index contributed by atoms with van der Waals surface area (Å²) in [5.41, 5.74) is 0. The van der Waals surface area contributed by atoms with Gasteiger partial charge < -0.3 is 8.38 Å². The number of alkyl halides is 3. The van der Waals surface area contributed by atoms with Crippen LogP contribution >= 0.6 is 23.0 Å². The minimum absolute atomic E-state index is 0.391. The van der Waals surface area contributed by atoms with Crippen LogP contribution in [0.1, 0.15) is 12.8 Å². The number of rotatable bonds is 2. The standard InChI is InChI=1S/C7H11F3INO/c8-7(9,10)6(13-11)5-1-3-12-4-2-5/h5-6,12H,1-4H2. The zero-order valence-electron chi connectivity index (χ0n) is 6.90. The topological polar surface area (TPSA) is 21.3 Å². The molecule has 1 aliphatic rings. The van der Waals surface area contributed by atoms with Gasteiger partial charge in [0.1, 0.15) is 23.0 Å². The summed E-state index contributed by atoms with van der Waals surface area (Å²) in [7, 11) is 0. The van der Waals surface area contributed by atoms with Crippen LogP contribution in [0.2, 0.25) is 0 Å². The Labute approximate surface area is 88.9 Å². The van der Waals surface area contributed by atoms with Crippen molar-refractivity contribution >= 4 is 23.0 Å². The SMILES string of the molecule is FC(F)(F)C(OI)C1CCNCC1.